The summed E-state index contributed by atoms with van der Waals surface area (Å²) in [4.78, 5) is 13.3. The van der Waals surface area contributed by atoms with Crippen molar-refractivity contribution in [3.63, 3.8) is 0 Å². The highest BCUT2D eigenvalue weighted by Crippen LogP contribution is 2.36. The van der Waals surface area contributed by atoms with Crippen LogP contribution in [-0.4, -0.2) is 20.9 Å². The van der Waals surface area contributed by atoms with Crippen molar-refractivity contribution in [2.75, 3.05) is 5.32 Å². The van der Waals surface area contributed by atoms with Gasteiger partial charge in [-0.25, -0.2) is 4.68 Å². The number of aromatic nitrogens is 2. The van der Waals surface area contributed by atoms with Gasteiger partial charge >= 0.3 is 0 Å². The predicted molar refractivity (Wildman–Crippen MR) is 122 cm³/mol. The second-order valence-electron chi connectivity index (χ2n) is 8.73. The Morgan fingerprint density at radius 3 is 2.80 bits per heavy atom. The maximum atomic E-state index is 13.3. The smallest absolute Gasteiger partial charge is 0.292 e. The van der Waals surface area contributed by atoms with Crippen LogP contribution in [0.4, 0.5) is 5.82 Å². The Morgan fingerprint density at radius 2 is 2.00 bits per heavy atom. The van der Waals surface area contributed by atoms with Gasteiger partial charge < -0.3 is 9.73 Å². The number of carbonyl (C=O) groups is 1. The largest absolute Gasteiger partial charge is 0.451 e. The van der Waals surface area contributed by atoms with Crippen molar-refractivity contribution in [2.45, 2.75) is 69.4 Å². The average Bonchev–Trinajstić information content (AvgIpc) is 3.42. The summed E-state index contributed by atoms with van der Waals surface area (Å²) in [5.74, 6) is 2.56. The van der Waals surface area contributed by atoms with Crippen LogP contribution in [-0.2, 0) is 12.3 Å². The number of hydrogen-bond donors (Lipinski definition) is 1. The van der Waals surface area contributed by atoms with Crippen LogP contribution in [0.1, 0.15) is 66.6 Å². The molecule has 30 heavy (non-hydrogen) atoms. The zero-order valence-corrected chi connectivity index (χ0v) is 18.3. The van der Waals surface area contributed by atoms with E-state index < -0.39 is 0 Å². The van der Waals surface area contributed by atoms with Crippen molar-refractivity contribution in [3.8, 4) is 0 Å². The van der Waals surface area contributed by atoms with E-state index >= 15 is 0 Å². The van der Waals surface area contributed by atoms with E-state index in [-0.39, 0.29) is 5.91 Å². The number of fused-ring (bicyclic) bond motifs is 1. The minimum atomic E-state index is -0.175. The lowest BCUT2D eigenvalue weighted by Gasteiger charge is -2.20. The van der Waals surface area contributed by atoms with E-state index in [1.54, 1.807) is 0 Å². The lowest BCUT2D eigenvalue weighted by molar-refractivity contribution is 0.0996. The molecule has 1 N–H and O–H groups in total. The topological polar surface area (TPSA) is 60.1 Å². The number of furan rings is 1. The third kappa shape index (κ3) is 4.15. The second kappa shape index (κ2) is 8.50. The fraction of sp³-hybridized carbons (Fsp3) is 0.500. The summed E-state index contributed by atoms with van der Waals surface area (Å²) in [5, 5.41) is 9.31. The Hall–Kier alpha value is -2.21. The van der Waals surface area contributed by atoms with Crippen LogP contribution in [0.2, 0.25) is 0 Å². The Balaban J connectivity index is 1.40. The van der Waals surface area contributed by atoms with Crippen molar-refractivity contribution in [3.05, 3.63) is 47.3 Å². The number of hydrogen-bond acceptors (Lipinski definition) is 4. The zero-order chi connectivity index (χ0) is 20.5. The number of anilines is 1. The van der Waals surface area contributed by atoms with Crippen molar-refractivity contribution >= 4 is 34.5 Å². The lowest BCUT2D eigenvalue weighted by atomic mass is 10.0. The van der Waals surface area contributed by atoms with Gasteiger partial charge in [0.25, 0.3) is 5.91 Å². The summed E-state index contributed by atoms with van der Waals surface area (Å²) >= 11 is 1.97. The van der Waals surface area contributed by atoms with Gasteiger partial charge in [0.05, 0.1) is 6.20 Å². The number of aryl methyl sites for hydroxylation is 1. The Kier molecular flexibility index (Phi) is 5.59. The van der Waals surface area contributed by atoms with Crippen molar-refractivity contribution in [1.82, 2.24) is 9.78 Å². The van der Waals surface area contributed by atoms with Crippen LogP contribution in [0.5, 0.6) is 0 Å². The molecule has 2 aliphatic carbocycles. The molecule has 2 heterocycles. The molecular weight excluding hydrogens is 394 g/mol. The molecule has 1 amide bonds. The number of carbonyl (C=O) groups excluding carboxylic acids is 1. The zero-order valence-electron chi connectivity index (χ0n) is 17.5. The number of rotatable bonds is 7. The maximum absolute atomic E-state index is 13.3. The van der Waals surface area contributed by atoms with Crippen LogP contribution in [0.25, 0.3) is 11.0 Å². The maximum Gasteiger partial charge on any atom is 0.292 e. The molecule has 0 atom stereocenters. The number of nitrogens with zero attached hydrogens (tertiary/aromatic N) is 2. The molecule has 2 saturated carbocycles. The van der Waals surface area contributed by atoms with Crippen LogP contribution in [0, 0.1) is 12.8 Å². The van der Waals surface area contributed by atoms with Gasteiger partial charge in [-0.2, -0.15) is 16.9 Å². The van der Waals surface area contributed by atoms with Gasteiger partial charge in [0.1, 0.15) is 11.4 Å². The van der Waals surface area contributed by atoms with E-state index in [0.717, 1.165) is 40.2 Å². The van der Waals surface area contributed by atoms with E-state index in [9.17, 15) is 4.79 Å². The molecule has 5 nitrogen and oxygen atoms in total. The lowest BCUT2D eigenvalue weighted by Crippen LogP contribution is -2.18. The third-order valence-corrected chi connectivity index (χ3v) is 7.70. The van der Waals surface area contributed by atoms with E-state index in [4.69, 9.17) is 4.42 Å². The molecule has 2 fully saturated rings. The van der Waals surface area contributed by atoms with Gasteiger partial charge in [0.2, 0.25) is 0 Å². The molecule has 0 unspecified atom stereocenters. The Morgan fingerprint density at radius 1 is 1.20 bits per heavy atom. The van der Waals surface area contributed by atoms with E-state index in [1.165, 1.54) is 44.9 Å². The first-order valence-electron chi connectivity index (χ1n) is 11.1. The van der Waals surface area contributed by atoms with Gasteiger partial charge in [0.15, 0.2) is 5.76 Å². The van der Waals surface area contributed by atoms with Gasteiger partial charge in [-0.3, -0.25) is 4.79 Å². The molecule has 0 bridgehead atoms. The molecule has 0 radical (unpaired) electrons. The van der Waals surface area contributed by atoms with Crippen molar-refractivity contribution < 1.29 is 9.21 Å². The van der Waals surface area contributed by atoms with Gasteiger partial charge in [0, 0.05) is 34.1 Å². The molecule has 158 valence electrons. The number of amides is 1. The molecule has 0 aliphatic heterocycles. The quantitative estimate of drug-likeness (QED) is 0.494. The number of para-hydroxylation sites is 1. The van der Waals surface area contributed by atoms with Crippen LogP contribution in [0.15, 0.2) is 34.9 Å². The monoisotopic (exact) mass is 423 g/mol. The molecule has 2 aliphatic rings. The third-order valence-electron chi connectivity index (χ3n) is 6.30. The minimum Gasteiger partial charge on any atom is -0.451 e. The van der Waals surface area contributed by atoms with Gasteiger partial charge in [-0.1, -0.05) is 37.5 Å². The van der Waals surface area contributed by atoms with E-state index in [1.807, 2.05) is 47.8 Å². The molecule has 0 spiro atoms. The number of nitrogens with one attached hydrogen (secondary N) is 1. The number of thioether (sulfide) groups is 1. The summed E-state index contributed by atoms with van der Waals surface area (Å²) in [6.07, 6.45) is 10.9. The molecule has 2 aromatic heterocycles. The van der Waals surface area contributed by atoms with Gasteiger partial charge in [-0.05, 0) is 44.6 Å². The Labute approximate surface area is 181 Å². The molecule has 3 aromatic rings. The second-order valence-corrected chi connectivity index (χ2v) is 10.0. The summed E-state index contributed by atoms with van der Waals surface area (Å²) in [7, 11) is 0. The number of benzene rings is 1. The minimum absolute atomic E-state index is 0.175. The summed E-state index contributed by atoms with van der Waals surface area (Å²) in [5.41, 5.74) is 2.79. The van der Waals surface area contributed by atoms with Crippen LogP contribution >= 0.6 is 11.8 Å². The fourth-order valence-electron chi connectivity index (χ4n) is 4.35. The molecule has 1 aromatic carbocycles. The normalized spacial score (nSPS) is 17.5. The SMILES string of the molecule is Cc1cnn(CC2CC2)c1NC(=O)c1oc2ccccc2c1CSC1CCCCC1. The summed E-state index contributed by atoms with van der Waals surface area (Å²) in [6, 6.07) is 7.99. The fourth-order valence-corrected chi connectivity index (χ4v) is 5.70. The first kappa shape index (κ1) is 19.7. The molecule has 5 rings (SSSR count). The standard InChI is InChI=1S/C24H29N3O2S/c1-16-13-25-27(14-17-11-12-17)23(16)26-24(28)22-20(15-30-18-7-3-2-4-8-18)19-9-5-6-10-21(19)29-22/h5-6,9-10,13,17-18H,2-4,7-8,11-12,14-15H2,1H3,(H,26,28). The predicted octanol–water partition coefficient (Wildman–Crippen LogP) is 6.17. The summed E-state index contributed by atoms with van der Waals surface area (Å²) < 4.78 is 8.00. The molecular formula is C24H29N3O2S. The summed E-state index contributed by atoms with van der Waals surface area (Å²) in [6.45, 7) is 2.86. The Bertz CT molecular complexity index is 1040. The first-order chi connectivity index (χ1) is 14.7. The van der Waals surface area contributed by atoms with Crippen molar-refractivity contribution in [2.24, 2.45) is 5.92 Å². The van der Waals surface area contributed by atoms with Gasteiger partial charge in [-0.15, -0.1) is 0 Å². The average molecular weight is 424 g/mol. The van der Waals surface area contributed by atoms with Crippen molar-refractivity contribution in [1.29, 1.82) is 0 Å². The van der Waals surface area contributed by atoms with E-state index in [0.29, 0.717) is 16.9 Å². The highest BCUT2D eigenvalue weighted by atomic mass is 32.2. The highest BCUT2D eigenvalue weighted by Gasteiger charge is 2.26. The first-order valence-corrected chi connectivity index (χ1v) is 12.2. The highest BCUT2D eigenvalue weighted by molar-refractivity contribution is 7.99. The molecule has 6 heteroatoms. The molecule has 0 saturated heterocycles. The van der Waals surface area contributed by atoms with E-state index in [2.05, 4.69) is 16.5 Å². The van der Waals surface area contributed by atoms with Crippen LogP contribution < -0.4 is 5.32 Å². The van der Waals surface area contributed by atoms with Crippen LogP contribution in [0.3, 0.4) is 0 Å².